The highest BCUT2D eigenvalue weighted by atomic mass is 15.1. The Hall–Kier alpha value is -6.96. The van der Waals surface area contributed by atoms with E-state index in [-0.39, 0.29) is 29.9 Å². The Morgan fingerprint density at radius 1 is 0.283 bits per heavy atom. The third-order valence-corrected chi connectivity index (χ3v) is 9.75. The van der Waals surface area contributed by atoms with Crippen LogP contribution in [0.5, 0.6) is 0 Å². The fourth-order valence-electron chi connectivity index (χ4n) is 6.94. The van der Waals surface area contributed by atoms with E-state index in [0.717, 1.165) is 66.7 Å². The van der Waals surface area contributed by atoms with E-state index >= 15 is 0 Å². The standard InChI is InChI=1S/C52H37N/c1-3-11-38(12-4-1)41-21-23-42(24-22-41)43-27-31-50(32-28-43)53(52-20-10-19-48(37-52)49-26-25-40-15-7-8-16-45(40)36-49)51-33-29-44(30-34-51)47-18-9-17-46(35-47)39-13-5-2-6-14-39/h1-37H/i10D,19D,20D,37D. The predicted molar refractivity (Wildman–Crippen MR) is 226 cm³/mol. The van der Waals surface area contributed by atoms with Crippen LogP contribution in [-0.2, 0) is 0 Å². The van der Waals surface area contributed by atoms with Gasteiger partial charge in [0.15, 0.2) is 0 Å². The summed E-state index contributed by atoms with van der Waals surface area (Å²) < 4.78 is 37.0. The molecule has 9 aromatic carbocycles. The van der Waals surface area contributed by atoms with Gasteiger partial charge in [-0.05, 0) is 115 Å². The summed E-state index contributed by atoms with van der Waals surface area (Å²) in [5, 5.41) is 2.03. The second-order valence-electron chi connectivity index (χ2n) is 13.1. The number of fused-ring (bicyclic) bond motifs is 1. The molecular formula is C52H37N. The predicted octanol–water partition coefficient (Wildman–Crippen LogP) is 14.6. The van der Waals surface area contributed by atoms with E-state index in [1.807, 2.05) is 108 Å². The van der Waals surface area contributed by atoms with E-state index in [0.29, 0.717) is 11.1 Å². The molecule has 0 fully saturated rings. The minimum absolute atomic E-state index is 0.0245. The van der Waals surface area contributed by atoms with Crippen LogP contribution in [0.2, 0.25) is 0 Å². The minimum Gasteiger partial charge on any atom is -0.310 e. The number of hydrogen-bond acceptors (Lipinski definition) is 1. The molecule has 0 N–H and O–H groups in total. The second-order valence-corrected chi connectivity index (χ2v) is 13.1. The van der Waals surface area contributed by atoms with Crippen LogP contribution in [0.4, 0.5) is 17.1 Å². The summed E-state index contributed by atoms with van der Waals surface area (Å²) in [6.07, 6.45) is 0. The molecule has 0 atom stereocenters. The Balaban J connectivity index is 1.15. The number of hydrogen-bond donors (Lipinski definition) is 0. The molecule has 9 aromatic rings. The molecule has 0 aliphatic rings. The lowest BCUT2D eigenvalue weighted by Crippen LogP contribution is -2.10. The van der Waals surface area contributed by atoms with Gasteiger partial charge in [0.1, 0.15) is 0 Å². The minimum atomic E-state index is -0.223. The Kier molecular flexibility index (Phi) is 7.50. The Labute approximate surface area is 317 Å². The smallest absolute Gasteiger partial charge is 0.0651 e. The summed E-state index contributed by atoms with van der Waals surface area (Å²) in [4.78, 5) is 1.89. The first-order chi connectivity index (χ1) is 27.9. The van der Waals surface area contributed by atoms with Gasteiger partial charge in [-0.1, -0.05) is 176 Å². The Morgan fingerprint density at radius 2 is 0.698 bits per heavy atom. The van der Waals surface area contributed by atoms with Crippen LogP contribution in [0.25, 0.3) is 66.4 Å². The third kappa shape index (κ3) is 6.77. The SMILES string of the molecule is [2H]c1c([2H])c(-c2ccc3ccccc3c2)c([2H])c(N(c2ccc(-c3ccc(-c4ccccc4)cc3)cc2)c2ccc(-c3cccc(-c4ccccc4)c3)cc2)c1[2H]. The summed E-state index contributed by atoms with van der Waals surface area (Å²) in [6.45, 7) is 0. The van der Waals surface area contributed by atoms with Gasteiger partial charge in [-0.2, -0.15) is 0 Å². The quantitative estimate of drug-likeness (QED) is 0.154. The molecule has 0 saturated carbocycles. The van der Waals surface area contributed by atoms with Crippen molar-refractivity contribution in [1.29, 1.82) is 0 Å². The van der Waals surface area contributed by atoms with Crippen molar-refractivity contribution < 1.29 is 5.48 Å². The van der Waals surface area contributed by atoms with Crippen LogP contribution >= 0.6 is 0 Å². The lowest BCUT2D eigenvalue weighted by Gasteiger charge is -2.26. The summed E-state index contributed by atoms with van der Waals surface area (Å²) in [6, 6.07) is 67.2. The second kappa shape index (κ2) is 14.3. The van der Waals surface area contributed by atoms with Gasteiger partial charge in [0.2, 0.25) is 0 Å². The highest BCUT2D eigenvalue weighted by molar-refractivity contribution is 5.89. The van der Waals surface area contributed by atoms with Crippen molar-refractivity contribution in [3.05, 3.63) is 224 Å². The van der Waals surface area contributed by atoms with E-state index in [9.17, 15) is 2.74 Å². The monoisotopic (exact) mass is 679 g/mol. The number of benzene rings is 9. The van der Waals surface area contributed by atoms with Crippen LogP contribution in [0, 0.1) is 0 Å². The largest absolute Gasteiger partial charge is 0.310 e. The maximum atomic E-state index is 9.68. The average Bonchev–Trinajstić information content (AvgIpc) is 3.28. The molecule has 0 heterocycles. The van der Waals surface area contributed by atoms with Gasteiger partial charge in [-0.3, -0.25) is 0 Å². The average molecular weight is 680 g/mol. The fraction of sp³-hybridized carbons (Fsp3) is 0. The van der Waals surface area contributed by atoms with E-state index in [2.05, 4.69) is 97.1 Å². The zero-order valence-electron chi connectivity index (χ0n) is 33.0. The number of nitrogens with zero attached hydrogens (tertiary/aromatic N) is 1. The molecule has 53 heavy (non-hydrogen) atoms. The lowest BCUT2D eigenvalue weighted by molar-refractivity contribution is 1.28. The zero-order valence-corrected chi connectivity index (χ0v) is 29.0. The Bertz CT molecular complexity index is 2850. The molecule has 1 heteroatoms. The fourth-order valence-corrected chi connectivity index (χ4v) is 6.94. The van der Waals surface area contributed by atoms with Crippen LogP contribution in [-0.4, -0.2) is 0 Å². The topological polar surface area (TPSA) is 3.24 Å². The summed E-state index contributed by atoms with van der Waals surface area (Å²) in [5.74, 6) is 0. The molecule has 0 saturated heterocycles. The first kappa shape index (κ1) is 27.7. The van der Waals surface area contributed by atoms with E-state index < -0.39 is 0 Å². The molecule has 0 radical (unpaired) electrons. The molecular weight excluding hydrogens is 639 g/mol. The van der Waals surface area contributed by atoms with Crippen molar-refractivity contribution in [2.45, 2.75) is 0 Å². The van der Waals surface area contributed by atoms with Crippen LogP contribution in [0.3, 0.4) is 0 Å². The first-order valence-electron chi connectivity index (χ1n) is 19.8. The van der Waals surface area contributed by atoms with Gasteiger partial charge in [0.25, 0.3) is 0 Å². The van der Waals surface area contributed by atoms with Crippen LogP contribution < -0.4 is 4.90 Å². The molecule has 0 amide bonds. The van der Waals surface area contributed by atoms with E-state index in [1.165, 1.54) is 0 Å². The summed E-state index contributed by atoms with van der Waals surface area (Å²) >= 11 is 0. The highest BCUT2D eigenvalue weighted by Crippen LogP contribution is 2.39. The van der Waals surface area contributed by atoms with Crippen molar-refractivity contribution in [3.8, 4) is 55.6 Å². The zero-order chi connectivity index (χ0) is 38.9. The molecule has 0 aliphatic carbocycles. The molecule has 0 aliphatic heterocycles. The van der Waals surface area contributed by atoms with E-state index in [1.54, 1.807) is 0 Å². The number of anilines is 3. The maximum Gasteiger partial charge on any atom is 0.0651 e. The summed E-state index contributed by atoms with van der Waals surface area (Å²) in [5.41, 5.74) is 11.5. The van der Waals surface area contributed by atoms with Crippen LogP contribution in [0.1, 0.15) is 5.48 Å². The Morgan fingerprint density at radius 3 is 1.28 bits per heavy atom. The summed E-state index contributed by atoms with van der Waals surface area (Å²) in [7, 11) is 0. The van der Waals surface area contributed by atoms with Gasteiger partial charge in [-0.25, -0.2) is 0 Å². The third-order valence-electron chi connectivity index (χ3n) is 9.75. The van der Waals surface area contributed by atoms with Gasteiger partial charge in [0, 0.05) is 17.1 Å². The lowest BCUT2D eigenvalue weighted by atomic mass is 9.98. The van der Waals surface area contributed by atoms with E-state index in [4.69, 9.17) is 2.74 Å². The maximum absolute atomic E-state index is 9.68. The van der Waals surface area contributed by atoms with Gasteiger partial charge in [-0.15, -0.1) is 0 Å². The van der Waals surface area contributed by atoms with Crippen molar-refractivity contribution in [3.63, 3.8) is 0 Å². The van der Waals surface area contributed by atoms with Gasteiger partial charge in [0.05, 0.1) is 5.48 Å². The molecule has 0 bridgehead atoms. The van der Waals surface area contributed by atoms with Crippen LogP contribution in [0.15, 0.2) is 224 Å². The molecule has 1 nitrogen and oxygen atoms in total. The molecule has 250 valence electrons. The molecule has 9 rings (SSSR count). The van der Waals surface area contributed by atoms with Gasteiger partial charge < -0.3 is 4.90 Å². The van der Waals surface area contributed by atoms with Crippen molar-refractivity contribution >= 4 is 27.8 Å². The highest BCUT2D eigenvalue weighted by Gasteiger charge is 2.15. The molecule has 0 aromatic heterocycles. The van der Waals surface area contributed by atoms with Crippen molar-refractivity contribution in [1.82, 2.24) is 0 Å². The normalized spacial score (nSPS) is 12.1. The van der Waals surface area contributed by atoms with Crippen molar-refractivity contribution in [2.24, 2.45) is 0 Å². The molecule has 0 unspecified atom stereocenters. The van der Waals surface area contributed by atoms with Gasteiger partial charge >= 0.3 is 0 Å². The first-order valence-corrected chi connectivity index (χ1v) is 17.8. The number of rotatable bonds is 8. The van der Waals surface area contributed by atoms with Crippen molar-refractivity contribution in [2.75, 3.05) is 4.90 Å². The molecule has 0 spiro atoms.